The lowest BCUT2D eigenvalue weighted by Gasteiger charge is -2.28. The highest BCUT2D eigenvalue weighted by Gasteiger charge is 2.18. The third-order valence-electron chi connectivity index (χ3n) is 3.80. The first-order valence-electron chi connectivity index (χ1n) is 7.23. The van der Waals surface area contributed by atoms with Crippen LogP contribution in [0.4, 0.5) is 5.82 Å². The lowest BCUT2D eigenvalue weighted by molar-refractivity contribution is 0.377. The molecule has 106 valence electrons. The summed E-state index contributed by atoms with van der Waals surface area (Å²) in [6.07, 6.45) is 2.52. The second kappa shape index (κ2) is 5.87. The summed E-state index contributed by atoms with van der Waals surface area (Å²) in [4.78, 5) is 2.23. The molecular weight excluding hydrogens is 236 g/mol. The van der Waals surface area contributed by atoms with Crippen LogP contribution in [0.5, 0.6) is 0 Å². The van der Waals surface area contributed by atoms with Crippen LogP contribution in [0.2, 0.25) is 0 Å². The Morgan fingerprint density at radius 3 is 2.42 bits per heavy atom. The average molecular weight is 262 g/mol. The van der Waals surface area contributed by atoms with Crippen molar-refractivity contribution < 1.29 is 0 Å². The molecule has 1 aliphatic heterocycles. The molecule has 1 fully saturated rings. The van der Waals surface area contributed by atoms with Gasteiger partial charge in [0, 0.05) is 19.0 Å². The van der Waals surface area contributed by atoms with Gasteiger partial charge in [0.05, 0.1) is 5.69 Å². The second-order valence-corrected chi connectivity index (χ2v) is 6.60. The molecule has 1 saturated heterocycles. The van der Waals surface area contributed by atoms with Crippen LogP contribution in [-0.2, 0) is 5.41 Å². The summed E-state index contributed by atoms with van der Waals surface area (Å²) in [5.74, 6) is 1.75. The van der Waals surface area contributed by atoms with Crippen LogP contribution in [0.1, 0.15) is 39.3 Å². The first kappa shape index (κ1) is 14.3. The molecule has 0 saturated carbocycles. The molecule has 0 bridgehead atoms. The molecule has 0 unspecified atom stereocenters. The predicted octanol–water partition coefficient (Wildman–Crippen LogP) is 2.21. The van der Waals surface area contributed by atoms with Crippen LogP contribution in [0, 0.1) is 5.92 Å². The Morgan fingerprint density at radius 2 is 1.89 bits per heavy atom. The molecule has 2 heterocycles. The maximum Gasteiger partial charge on any atom is 0.150 e. The Labute approximate surface area is 116 Å². The van der Waals surface area contributed by atoms with Gasteiger partial charge in [0.15, 0.2) is 5.82 Å². The first-order chi connectivity index (χ1) is 8.97. The smallest absolute Gasteiger partial charge is 0.150 e. The van der Waals surface area contributed by atoms with E-state index in [-0.39, 0.29) is 5.41 Å². The largest absolute Gasteiger partial charge is 0.358 e. The fourth-order valence-electron chi connectivity index (χ4n) is 2.47. The Hall–Kier alpha value is -1.16. The molecule has 0 radical (unpaired) electrons. The van der Waals surface area contributed by atoms with Crippen LogP contribution in [0.3, 0.4) is 0 Å². The Bertz CT molecular complexity index is 388. The van der Waals surface area contributed by atoms with Gasteiger partial charge in [-0.3, -0.25) is 0 Å². The SMILES string of the molecule is CN(CC1CCNCC1)c1ccc(C(C)(C)C)nn1. The maximum atomic E-state index is 4.37. The molecule has 1 aromatic rings. The fraction of sp³-hybridized carbons (Fsp3) is 0.733. The van der Waals surface area contributed by atoms with Gasteiger partial charge in [-0.2, -0.15) is 5.10 Å². The molecule has 4 nitrogen and oxygen atoms in total. The van der Waals surface area contributed by atoms with Crippen molar-refractivity contribution in [1.82, 2.24) is 15.5 Å². The zero-order chi connectivity index (χ0) is 13.9. The minimum absolute atomic E-state index is 0.0686. The van der Waals surface area contributed by atoms with Gasteiger partial charge in [-0.25, -0.2) is 0 Å². The first-order valence-corrected chi connectivity index (χ1v) is 7.23. The number of hydrogen-bond acceptors (Lipinski definition) is 4. The molecule has 19 heavy (non-hydrogen) atoms. The minimum atomic E-state index is 0.0686. The highest BCUT2D eigenvalue weighted by Crippen LogP contribution is 2.21. The number of aromatic nitrogens is 2. The van der Waals surface area contributed by atoms with E-state index in [9.17, 15) is 0 Å². The molecule has 0 spiro atoms. The number of hydrogen-bond donors (Lipinski definition) is 1. The lowest BCUT2D eigenvalue weighted by atomic mass is 9.92. The van der Waals surface area contributed by atoms with E-state index in [2.05, 4.69) is 60.4 Å². The van der Waals surface area contributed by atoms with Gasteiger partial charge in [-0.1, -0.05) is 20.8 Å². The van der Waals surface area contributed by atoms with Crippen molar-refractivity contribution >= 4 is 5.82 Å². The van der Waals surface area contributed by atoms with Gasteiger partial charge in [-0.15, -0.1) is 5.10 Å². The maximum absolute atomic E-state index is 4.37. The van der Waals surface area contributed by atoms with Crippen LogP contribution < -0.4 is 10.2 Å². The third-order valence-corrected chi connectivity index (χ3v) is 3.80. The van der Waals surface area contributed by atoms with Crippen molar-refractivity contribution in [3.8, 4) is 0 Å². The highest BCUT2D eigenvalue weighted by atomic mass is 15.2. The van der Waals surface area contributed by atoms with Crippen molar-refractivity contribution in [2.75, 3.05) is 31.6 Å². The molecule has 1 aromatic heterocycles. The van der Waals surface area contributed by atoms with E-state index in [0.29, 0.717) is 0 Å². The van der Waals surface area contributed by atoms with Crippen LogP contribution in [0.15, 0.2) is 12.1 Å². The number of nitrogens with one attached hydrogen (secondary N) is 1. The highest BCUT2D eigenvalue weighted by molar-refractivity contribution is 5.37. The summed E-state index contributed by atoms with van der Waals surface area (Å²) < 4.78 is 0. The van der Waals surface area contributed by atoms with Crippen molar-refractivity contribution in [3.05, 3.63) is 17.8 Å². The van der Waals surface area contributed by atoms with Crippen molar-refractivity contribution in [2.45, 2.75) is 39.0 Å². The quantitative estimate of drug-likeness (QED) is 0.907. The fourth-order valence-corrected chi connectivity index (χ4v) is 2.47. The van der Waals surface area contributed by atoms with E-state index in [0.717, 1.165) is 37.1 Å². The molecule has 0 amide bonds. The average Bonchev–Trinajstić information content (AvgIpc) is 2.39. The molecule has 0 aliphatic carbocycles. The van der Waals surface area contributed by atoms with E-state index in [1.165, 1.54) is 12.8 Å². The van der Waals surface area contributed by atoms with E-state index in [4.69, 9.17) is 0 Å². The van der Waals surface area contributed by atoms with E-state index >= 15 is 0 Å². The van der Waals surface area contributed by atoms with Gasteiger partial charge in [0.1, 0.15) is 0 Å². The van der Waals surface area contributed by atoms with E-state index < -0.39 is 0 Å². The summed E-state index contributed by atoms with van der Waals surface area (Å²) >= 11 is 0. The monoisotopic (exact) mass is 262 g/mol. The Kier molecular flexibility index (Phi) is 4.40. The topological polar surface area (TPSA) is 41.0 Å². The van der Waals surface area contributed by atoms with Crippen LogP contribution in [-0.4, -0.2) is 36.9 Å². The van der Waals surface area contributed by atoms with Crippen LogP contribution in [0.25, 0.3) is 0 Å². The number of anilines is 1. The number of rotatable bonds is 3. The molecule has 1 aliphatic rings. The minimum Gasteiger partial charge on any atom is -0.358 e. The lowest BCUT2D eigenvalue weighted by Crippen LogP contribution is -2.35. The number of nitrogens with zero attached hydrogens (tertiary/aromatic N) is 3. The van der Waals surface area contributed by atoms with E-state index in [1.807, 2.05) is 0 Å². The predicted molar refractivity (Wildman–Crippen MR) is 79.6 cm³/mol. The van der Waals surface area contributed by atoms with Crippen molar-refractivity contribution in [1.29, 1.82) is 0 Å². The van der Waals surface area contributed by atoms with Gasteiger partial charge >= 0.3 is 0 Å². The van der Waals surface area contributed by atoms with Gasteiger partial charge < -0.3 is 10.2 Å². The summed E-state index contributed by atoms with van der Waals surface area (Å²) in [5, 5.41) is 12.1. The summed E-state index contributed by atoms with van der Waals surface area (Å²) in [7, 11) is 2.11. The molecular formula is C15H26N4. The summed E-state index contributed by atoms with van der Waals surface area (Å²) in [6, 6.07) is 4.19. The molecule has 0 aromatic carbocycles. The van der Waals surface area contributed by atoms with Gasteiger partial charge in [-0.05, 0) is 44.0 Å². The van der Waals surface area contributed by atoms with Crippen LogP contribution >= 0.6 is 0 Å². The molecule has 0 atom stereocenters. The van der Waals surface area contributed by atoms with Gasteiger partial charge in [0.25, 0.3) is 0 Å². The van der Waals surface area contributed by atoms with Crippen molar-refractivity contribution in [2.24, 2.45) is 5.92 Å². The molecule has 1 N–H and O–H groups in total. The number of piperidine rings is 1. The zero-order valence-corrected chi connectivity index (χ0v) is 12.6. The molecule has 2 rings (SSSR count). The standard InChI is InChI=1S/C15H26N4/c1-15(2,3)13-5-6-14(18-17-13)19(4)11-12-7-9-16-10-8-12/h5-6,12,16H,7-11H2,1-4H3. The second-order valence-electron chi connectivity index (χ2n) is 6.60. The van der Waals surface area contributed by atoms with Gasteiger partial charge in [0.2, 0.25) is 0 Å². The molecule has 4 heteroatoms. The summed E-state index contributed by atoms with van der Waals surface area (Å²) in [5.41, 5.74) is 1.12. The third kappa shape index (κ3) is 3.90. The normalized spacial score (nSPS) is 17.5. The van der Waals surface area contributed by atoms with E-state index in [1.54, 1.807) is 0 Å². The Morgan fingerprint density at radius 1 is 1.21 bits per heavy atom. The Balaban J connectivity index is 1.97. The summed E-state index contributed by atoms with van der Waals surface area (Å²) in [6.45, 7) is 9.85. The van der Waals surface area contributed by atoms with Crippen molar-refractivity contribution in [3.63, 3.8) is 0 Å². The zero-order valence-electron chi connectivity index (χ0n) is 12.6.